The zero-order valence-corrected chi connectivity index (χ0v) is 12.4. The van der Waals surface area contributed by atoms with Crippen molar-refractivity contribution in [3.8, 4) is 0 Å². The molecule has 1 aromatic carbocycles. The molecular weight excluding hydrogens is 296 g/mol. The highest BCUT2D eigenvalue weighted by atomic mass is 16.2. The van der Waals surface area contributed by atoms with E-state index in [1.54, 1.807) is 49.4 Å². The van der Waals surface area contributed by atoms with Crippen molar-refractivity contribution in [3.63, 3.8) is 0 Å². The third-order valence-corrected chi connectivity index (χ3v) is 3.34. The average Bonchev–Trinajstić information content (AvgIpc) is 2.52. The molecule has 0 aliphatic heterocycles. The quantitative estimate of drug-likeness (QED) is 0.755. The van der Waals surface area contributed by atoms with Crippen LogP contribution in [0.5, 0.6) is 0 Å². The Morgan fingerprint density at radius 1 is 1.13 bits per heavy atom. The Hall–Kier alpha value is -3.22. The number of aromatic nitrogens is 3. The standard InChI is InChI=1S/C16H14N4O3/c1-10-5-4-8-13(17-10)18-14(21)9-20-16(23)12-7-3-2-6-11(12)15(22)19-20/h2-8H,9H2,1H3,(H,19,22)(H,17,18,21). The molecule has 0 fully saturated rings. The fourth-order valence-electron chi connectivity index (χ4n) is 2.30. The molecule has 0 unspecified atom stereocenters. The summed E-state index contributed by atoms with van der Waals surface area (Å²) in [7, 11) is 0. The topological polar surface area (TPSA) is 96.9 Å². The number of fused-ring (bicyclic) bond motifs is 1. The summed E-state index contributed by atoms with van der Waals surface area (Å²) in [6.45, 7) is 1.51. The first-order valence-corrected chi connectivity index (χ1v) is 7.00. The van der Waals surface area contributed by atoms with Gasteiger partial charge in [0, 0.05) is 5.69 Å². The van der Waals surface area contributed by atoms with Crippen LogP contribution in [-0.4, -0.2) is 20.7 Å². The van der Waals surface area contributed by atoms with Gasteiger partial charge in [0.1, 0.15) is 12.4 Å². The maximum absolute atomic E-state index is 12.3. The van der Waals surface area contributed by atoms with Crippen LogP contribution < -0.4 is 16.4 Å². The Labute approximate surface area is 130 Å². The summed E-state index contributed by atoms with van der Waals surface area (Å²) < 4.78 is 0.996. The van der Waals surface area contributed by atoms with Crippen LogP contribution in [0.3, 0.4) is 0 Å². The molecule has 0 atom stereocenters. The number of rotatable bonds is 3. The van der Waals surface area contributed by atoms with Crippen molar-refractivity contribution in [3.05, 3.63) is 68.9 Å². The lowest BCUT2D eigenvalue weighted by atomic mass is 10.2. The first-order valence-electron chi connectivity index (χ1n) is 7.00. The van der Waals surface area contributed by atoms with Crippen LogP contribution in [0.25, 0.3) is 10.8 Å². The number of benzene rings is 1. The number of aryl methyl sites for hydroxylation is 1. The second-order valence-corrected chi connectivity index (χ2v) is 5.09. The van der Waals surface area contributed by atoms with Gasteiger partial charge < -0.3 is 5.32 Å². The SMILES string of the molecule is Cc1cccc(NC(=O)Cn2[nH]c(=O)c3ccccc3c2=O)n1. The molecule has 0 aliphatic rings. The summed E-state index contributed by atoms with van der Waals surface area (Å²) in [5, 5.41) is 5.58. The number of nitrogens with zero attached hydrogens (tertiary/aromatic N) is 2. The highest BCUT2D eigenvalue weighted by Gasteiger charge is 2.10. The minimum Gasteiger partial charge on any atom is -0.309 e. The van der Waals surface area contributed by atoms with Crippen molar-refractivity contribution in [1.29, 1.82) is 0 Å². The lowest BCUT2D eigenvalue weighted by Crippen LogP contribution is -2.34. The summed E-state index contributed by atoms with van der Waals surface area (Å²) in [5.74, 6) is -0.0534. The van der Waals surface area contributed by atoms with Crippen molar-refractivity contribution < 1.29 is 4.79 Å². The fraction of sp³-hybridized carbons (Fsp3) is 0.125. The van der Waals surface area contributed by atoms with E-state index in [-0.39, 0.29) is 11.9 Å². The molecule has 116 valence electrons. The minimum atomic E-state index is -0.448. The van der Waals surface area contributed by atoms with Gasteiger partial charge in [-0.2, -0.15) is 0 Å². The third-order valence-electron chi connectivity index (χ3n) is 3.34. The van der Waals surface area contributed by atoms with Crippen LogP contribution in [0.2, 0.25) is 0 Å². The van der Waals surface area contributed by atoms with Crippen molar-refractivity contribution in [2.45, 2.75) is 13.5 Å². The molecule has 3 aromatic rings. The summed E-state index contributed by atoms with van der Waals surface area (Å²) in [6, 6.07) is 11.7. The van der Waals surface area contributed by atoms with E-state index in [1.807, 2.05) is 0 Å². The van der Waals surface area contributed by atoms with Crippen molar-refractivity contribution in [2.24, 2.45) is 0 Å². The Balaban J connectivity index is 1.90. The van der Waals surface area contributed by atoms with E-state index >= 15 is 0 Å². The van der Waals surface area contributed by atoms with Gasteiger partial charge in [0.15, 0.2) is 0 Å². The van der Waals surface area contributed by atoms with E-state index in [2.05, 4.69) is 15.4 Å². The lowest BCUT2D eigenvalue weighted by Gasteiger charge is -2.08. The van der Waals surface area contributed by atoms with Gasteiger partial charge in [-0.3, -0.25) is 19.5 Å². The molecule has 7 nitrogen and oxygen atoms in total. The molecule has 7 heteroatoms. The van der Waals surface area contributed by atoms with E-state index in [1.165, 1.54) is 0 Å². The number of amides is 1. The van der Waals surface area contributed by atoms with Crippen LogP contribution in [0.15, 0.2) is 52.1 Å². The maximum Gasteiger partial charge on any atom is 0.273 e. The maximum atomic E-state index is 12.3. The molecule has 0 spiro atoms. The van der Waals surface area contributed by atoms with Crippen molar-refractivity contribution in [2.75, 3.05) is 5.32 Å². The van der Waals surface area contributed by atoms with E-state index in [9.17, 15) is 14.4 Å². The highest BCUT2D eigenvalue weighted by Crippen LogP contribution is 2.04. The first kappa shape index (κ1) is 14.7. The summed E-state index contributed by atoms with van der Waals surface area (Å²) in [6.07, 6.45) is 0. The summed E-state index contributed by atoms with van der Waals surface area (Å²) in [5.41, 5.74) is -0.0756. The number of aromatic amines is 1. The molecule has 2 heterocycles. The number of hydrogen-bond donors (Lipinski definition) is 2. The predicted octanol–water partition coefficient (Wildman–Crippen LogP) is 1.03. The molecule has 0 radical (unpaired) electrons. The smallest absolute Gasteiger partial charge is 0.273 e. The first-order chi connectivity index (χ1) is 11.0. The van der Waals surface area contributed by atoms with Gasteiger partial charge in [0.05, 0.1) is 10.8 Å². The number of H-pyrrole nitrogens is 1. The van der Waals surface area contributed by atoms with E-state index in [4.69, 9.17) is 0 Å². The molecule has 0 aliphatic carbocycles. The number of pyridine rings is 1. The minimum absolute atomic E-state index is 0.276. The van der Waals surface area contributed by atoms with Crippen molar-refractivity contribution in [1.82, 2.24) is 14.8 Å². The third kappa shape index (κ3) is 3.03. The Kier molecular flexibility index (Phi) is 3.76. The molecule has 2 aromatic heterocycles. The van der Waals surface area contributed by atoms with Crippen LogP contribution in [0.1, 0.15) is 5.69 Å². The van der Waals surface area contributed by atoms with Gasteiger partial charge in [-0.1, -0.05) is 18.2 Å². The molecule has 3 rings (SSSR count). The molecular formula is C16H14N4O3. The number of carbonyl (C=O) groups excluding carboxylic acids is 1. The second kappa shape index (κ2) is 5.88. The normalized spacial score (nSPS) is 10.7. The Bertz CT molecular complexity index is 1000. The van der Waals surface area contributed by atoms with Gasteiger partial charge in [0.2, 0.25) is 5.91 Å². The van der Waals surface area contributed by atoms with Gasteiger partial charge in [-0.25, -0.2) is 9.67 Å². The van der Waals surface area contributed by atoms with E-state index in [0.29, 0.717) is 11.2 Å². The van der Waals surface area contributed by atoms with Crippen LogP contribution in [0, 0.1) is 6.92 Å². The van der Waals surface area contributed by atoms with Gasteiger partial charge in [-0.05, 0) is 31.2 Å². The monoisotopic (exact) mass is 310 g/mol. The fourth-order valence-corrected chi connectivity index (χ4v) is 2.30. The molecule has 0 bridgehead atoms. The molecule has 2 N–H and O–H groups in total. The van der Waals surface area contributed by atoms with E-state index < -0.39 is 17.0 Å². The van der Waals surface area contributed by atoms with Gasteiger partial charge in [-0.15, -0.1) is 0 Å². The molecule has 0 saturated carbocycles. The number of nitrogens with one attached hydrogen (secondary N) is 2. The zero-order valence-electron chi connectivity index (χ0n) is 12.4. The van der Waals surface area contributed by atoms with Crippen LogP contribution in [-0.2, 0) is 11.3 Å². The van der Waals surface area contributed by atoms with Crippen molar-refractivity contribution >= 4 is 22.5 Å². The molecule has 23 heavy (non-hydrogen) atoms. The largest absolute Gasteiger partial charge is 0.309 e. The van der Waals surface area contributed by atoms with Crippen LogP contribution >= 0.6 is 0 Å². The summed E-state index contributed by atoms with van der Waals surface area (Å²) in [4.78, 5) is 40.5. The van der Waals surface area contributed by atoms with Gasteiger partial charge in [0.25, 0.3) is 11.1 Å². The number of hydrogen-bond acceptors (Lipinski definition) is 4. The highest BCUT2D eigenvalue weighted by molar-refractivity contribution is 5.89. The average molecular weight is 310 g/mol. The molecule has 0 saturated heterocycles. The second-order valence-electron chi connectivity index (χ2n) is 5.09. The van der Waals surface area contributed by atoms with E-state index in [0.717, 1.165) is 10.4 Å². The number of anilines is 1. The Morgan fingerprint density at radius 2 is 1.87 bits per heavy atom. The Morgan fingerprint density at radius 3 is 2.61 bits per heavy atom. The predicted molar refractivity (Wildman–Crippen MR) is 86.4 cm³/mol. The van der Waals surface area contributed by atoms with Gasteiger partial charge >= 0.3 is 0 Å². The lowest BCUT2D eigenvalue weighted by molar-refractivity contribution is -0.117. The molecule has 1 amide bonds. The summed E-state index contributed by atoms with van der Waals surface area (Å²) >= 11 is 0. The van der Waals surface area contributed by atoms with Crippen LogP contribution in [0.4, 0.5) is 5.82 Å². The zero-order chi connectivity index (χ0) is 16.4. The number of carbonyl (C=O) groups is 1.